The minimum atomic E-state index is -0.460. The Bertz CT molecular complexity index is 523. The Morgan fingerprint density at radius 2 is 1.96 bits per heavy atom. The third-order valence-electron chi connectivity index (χ3n) is 3.60. The van der Waals surface area contributed by atoms with Crippen LogP contribution < -0.4 is 4.90 Å². The first kappa shape index (κ1) is 19.1. The molecule has 134 valence electrons. The van der Waals surface area contributed by atoms with Gasteiger partial charge in [-0.25, -0.2) is 9.78 Å². The van der Waals surface area contributed by atoms with Crippen LogP contribution in [0.3, 0.4) is 0 Å². The van der Waals surface area contributed by atoms with Crippen molar-refractivity contribution in [2.24, 2.45) is 0 Å². The maximum atomic E-state index is 11.6. The maximum absolute atomic E-state index is 11.6. The molecule has 1 aromatic rings. The molecule has 1 saturated heterocycles. The van der Waals surface area contributed by atoms with Crippen molar-refractivity contribution >= 4 is 27.7 Å². The number of piperazine rings is 1. The van der Waals surface area contributed by atoms with Crippen LogP contribution >= 0.6 is 15.9 Å². The van der Waals surface area contributed by atoms with E-state index in [9.17, 15) is 4.79 Å². The average Bonchev–Trinajstić information content (AvgIpc) is 2.51. The monoisotopic (exact) mass is 399 g/mol. The number of esters is 1. The molecule has 1 aliphatic heterocycles. The van der Waals surface area contributed by atoms with Crippen LogP contribution in [0.25, 0.3) is 0 Å². The number of nitrogens with zero attached hydrogens (tertiary/aromatic N) is 3. The molecule has 0 amide bonds. The number of rotatable bonds is 6. The fraction of sp³-hybridized carbons (Fsp3) is 0.647. The normalized spacial score (nSPS) is 16.2. The Hall–Kier alpha value is -1.18. The Labute approximate surface area is 152 Å². The van der Waals surface area contributed by atoms with Gasteiger partial charge in [0.1, 0.15) is 18.0 Å². The van der Waals surface area contributed by atoms with Crippen molar-refractivity contribution < 1.29 is 14.3 Å². The smallest absolute Gasteiger partial charge is 0.332 e. The largest absolute Gasteiger partial charge is 0.458 e. The molecule has 0 N–H and O–H groups in total. The Kier molecular flexibility index (Phi) is 7.01. The molecule has 0 unspecified atom stereocenters. The molecule has 0 aliphatic carbocycles. The Morgan fingerprint density at radius 3 is 2.54 bits per heavy atom. The van der Waals surface area contributed by atoms with Gasteiger partial charge in [0, 0.05) is 43.4 Å². The highest BCUT2D eigenvalue weighted by Gasteiger charge is 2.19. The number of ether oxygens (including phenoxy) is 2. The van der Waals surface area contributed by atoms with E-state index in [1.165, 1.54) is 0 Å². The van der Waals surface area contributed by atoms with Gasteiger partial charge in [-0.05, 0) is 48.8 Å². The second-order valence-electron chi connectivity index (χ2n) is 6.80. The van der Waals surface area contributed by atoms with Gasteiger partial charge in [-0.3, -0.25) is 4.90 Å². The lowest BCUT2D eigenvalue weighted by molar-refractivity contribution is -0.160. The topological polar surface area (TPSA) is 54.9 Å². The summed E-state index contributed by atoms with van der Waals surface area (Å²) >= 11 is 3.40. The number of pyridine rings is 1. The van der Waals surface area contributed by atoms with Crippen molar-refractivity contribution in [1.29, 1.82) is 0 Å². The lowest BCUT2D eigenvalue weighted by Crippen LogP contribution is -2.47. The molecule has 1 aromatic heterocycles. The van der Waals surface area contributed by atoms with E-state index < -0.39 is 5.60 Å². The number of aromatic nitrogens is 1. The fourth-order valence-corrected chi connectivity index (χ4v) is 2.71. The van der Waals surface area contributed by atoms with Gasteiger partial charge in [0.25, 0.3) is 0 Å². The quantitative estimate of drug-likeness (QED) is 0.540. The first-order valence-electron chi connectivity index (χ1n) is 8.22. The first-order chi connectivity index (χ1) is 11.3. The SMILES string of the molecule is CC(C)(C)OC(=O)COCCN1CCN(c2ccc(Br)cn2)CC1. The van der Waals surface area contributed by atoms with Crippen molar-refractivity contribution in [1.82, 2.24) is 9.88 Å². The molecule has 1 aliphatic rings. The number of carbonyl (C=O) groups is 1. The van der Waals surface area contributed by atoms with Crippen LogP contribution in [0.1, 0.15) is 20.8 Å². The molecular weight excluding hydrogens is 374 g/mol. The number of hydrogen-bond donors (Lipinski definition) is 0. The van der Waals surface area contributed by atoms with Gasteiger partial charge in [0.15, 0.2) is 0 Å². The maximum Gasteiger partial charge on any atom is 0.332 e. The molecule has 24 heavy (non-hydrogen) atoms. The van der Waals surface area contributed by atoms with E-state index in [0.29, 0.717) is 6.61 Å². The zero-order chi connectivity index (χ0) is 17.6. The molecule has 0 radical (unpaired) electrons. The summed E-state index contributed by atoms with van der Waals surface area (Å²) in [4.78, 5) is 20.6. The van der Waals surface area contributed by atoms with Gasteiger partial charge in [-0.15, -0.1) is 0 Å². The highest BCUT2D eigenvalue weighted by Crippen LogP contribution is 2.16. The third-order valence-corrected chi connectivity index (χ3v) is 4.07. The predicted molar refractivity (Wildman–Crippen MR) is 97.3 cm³/mol. The van der Waals surface area contributed by atoms with Crippen LogP contribution in [0.4, 0.5) is 5.82 Å². The number of anilines is 1. The van der Waals surface area contributed by atoms with Crippen molar-refractivity contribution in [3.63, 3.8) is 0 Å². The van der Waals surface area contributed by atoms with Gasteiger partial charge >= 0.3 is 5.97 Å². The van der Waals surface area contributed by atoms with Crippen LogP contribution in [0.5, 0.6) is 0 Å². The van der Waals surface area contributed by atoms with E-state index >= 15 is 0 Å². The molecule has 0 bridgehead atoms. The van der Waals surface area contributed by atoms with Crippen molar-refractivity contribution in [3.8, 4) is 0 Å². The summed E-state index contributed by atoms with van der Waals surface area (Å²) in [5, 5.41) is 0. The fourth-order valence-electron chi connectivity index (χ4n) is 2.48. The summed E-state index contributed by atoms with van der Waals surface area (Å²) < 4.78 is 11.6. The number of hydrogen-bond acceptors (Lipinski definition) is 6. The molecular formula is C17H26BrN3O3. The lowest BCUT2D eigenvalue weighted by atomic mass is 10.2. The molecule has 2 rings (SSSR count). The second-order valence-corrected chi connectivity index (χ2v) is 7.72. The second kappa shape index (κ2) is 8.78. The number of halogens is 1. The summed E-state index contributed by atoms with van der Waals surface area (Å²) in [6.07, 6.45) is 1.83. The molecule has 0 aromatic carbocycles. The lowest BCUT2D eigenvalue weighted by Gasteiger charge is -2.35. The van der Waals surface area contributed by atoms with Gasteiger partial charge in [-0.2, -0.15) is 0 Å². The van der Waals surface area contributed by atoms with Crippen LogP contribution in [0.15, 0.2) is 22.8 Å². The molecule has 2 heterocycles. The Balaban J connectivity index is 1.61. The summed E-state index contributed by atoms with van der Waals surface area (Å²) in [6, 6.07) is 4.04. The van der Waals surface area contributed by atoms with Gasteiger partial charge in [0.05, 0.1) is 6.61 Å². The minimum Gasteiger partial charge on any atom is -0.458 e. The molecule has 0 atom stereocenters. The molecule has 6 nitrogen and oxygen atoms in total. The van der Waals surface area contributed by atoms with E-state index in [4.69, 9.17) is 9.47 Å². The van der Waals surface area contributed by atoms with E-state index in [0.717, 1.165) is 43.0 Å². The molecule has 7 heteroatoms. The highest BCUT2D eigenvalue weighted by atomic mass is 79.9. The molecule has 1 fully saturated rings. The summed E-state index contributed by atoms with van der Waals surface area (Å²) in [6.45, 7) is 10.8. The van der Waals surface area contributed by atoms with Crippen LogP contribution in [-0.2, 0) is 14.3 Å². The Morgan fingerprint density at radius 1 is 1.25 bits per heavy atom. The average molecular weight is 400 g/mol. The van der Waals surface area contributed by atoms with Crippen molar-refractivity contribution in [2.75, 3.05) is 50.8 Å². The van der Waals surface area contributed by atoms with Gasteiger partial charge < -0.3 is 14.4 Å². The summed E-state index contributed by atoms with van der Waals surface area (Å²) in [7, 11) is 0. The summed E-state index contributed by atoms with van der Waals surface area (Å²) in [5.41, 5.74) is -0.460. The zero-order valence-corrected chi connectivity index (χ0v) is 16.2. The minimum absolute atomic E-state index is 0.0139. The summed E-state index contributed by atoms with van der Waals surface area (Å²) in [5.74, 6) is 0.702. The van der Waals surface area contributed by atoms with Gasteiger partial charge in [0.2, 0.25) is 0 Å². The van der Waals surface area contributed by atoms with Crippen molar-refractivity contribution in [2.45, 2.75) is 26.4 Å². The van der Waals surface area contributed by atoms with E-state index in [2.05, 4.69) is 30.7 Å². The number of carbonyl (C=O) groups excluding carboxylic acids is 1. The van der Waals surface area contributed by atoms with Gasteiger partial charge in [-0.1, -0.05) is 0 Å². The molecule has 0 spiro atoms. The molecule has 0 saturated carbocycles. The predicted octanol–water partition coefficient (Wildman–Crippen LogP) is 2.32. The van der Waals surface area contributed by atoms with E-state index in [1.54, 1.807) is 0 Å². The highest BCUT2D eigenvalue weighted by molar-refractivity contribution is 9.10. The van der Waals surface area contributed by atoms with Crippen LogP contribution in [-0.4, -0.2) is 67.4 Å². The van der Waals surface area contributed by atoms with Crippen LogP contribution in [0.2, 0.25) is 0 Å². The van der Waals surface area contributed by atoms with Crippen LogP contribution in [0, 0.1) is 0 Å². The standard InChI is InChI=1S/C17H26BrN3O3/c1-17(2,3)24-16(22)13-23-11-10-20-6-8-21(9-7-20)15-5-4-14(18)12-19-15/h4-5,12H,6-11,13H2,1-3H3. The first-order valence-corrected chi connectivity index (χ1v) is 9.01. The van der Waals surface area contributed by atoms with Crippen molar-refractivity contribution in [3.05, 3.63) is 22.8 Å². The third kappa shape index (κ3) is 6.75. The zero-order valence-electron chi connectivity index (χ0n) is 14.6. The van der Waals surface area contributed by atoms with E-state index in [1.807, 2.05) is 39.1 Å². The van der Waals surface area contributed by atoms with E-state index in [-0.39, 0.29) is 12.6 Å².